The Morgan fingerprint density at radius 2 is 1.74 bits per heavy atom. The minimum Gasteiger partial charge on any atom is -0.495 e. The summed E-state index contributed by atoms with van der Waals surface area (Å²) < 4.78 is 5.20. The second-order valence-electron chi connectivity index (χ2n) is 4.90. The molecule has 0 unspecified atom stereocenters. The number of ether oxygens (including phenoxy) is 1. The molecule has 0 aliphatic rings. The van der Waals surface area contributed by atoms with Gasteiger partial charge in [-0.05, 0) is 18.6 Å². The molecule has 0 spiro atoms. The third kappa shape index (κ3) is 6.72. The number of methoxy groups -OCH3 is 1. The van der Waals surface area contributed by atoms with Gasteiger partial charge in [0.05, 0.1) is 12.1 Å². The summed E-state index contributed by atoms with van der Waals surface area (Å²) in [6.07, 6.45) is 9.34. The standard InChI is InChI=1S/C16H26ClNO/c1-3-4-5-6-7-8-9-12-18-14-10-11-15(17)16(13-14)19-2/h10-11,13,18H,3-9,12H2,1-2H3. The number of anilines is 1. The van der Waals surface area contributed by atoms with Crippen molar-refractivity contribution in [3.63, 3.8) is 0 Å². The van der Waals surface area contributed by atoms with E-state index in [2.05, 4.69) is 12.2 Å². The van der Waals surface area contributed by atoms with Gasteiger partial charge < -0.3 is 10.1 Å². The molecule has 1 rings (SSSR count). The van der Waals surface area contributed by atoms with Crippen molar-refractivity contribution in [2.75, 3.05) is 19.0 Å². The normalized spacial score (nSPS) is 10.5. The van der Waals surface area contributed by atoms with Crippen LogP contribution >= 0.6 is 11.6 Å². The Bertz CT molecular complexity index is 355. The highest BCUT2D eigenvalue weighted by atomic mass is 35.5. The predicted molar refractivity (Wildman–Crippen MR) is 84.5 cm³/mol. The van der Waals surface area contributed by atoms with Crippen LogP contribution in [0.2, 0.25) is 5.02 Å². The monoisotopic (exact) mass is 283 g/mol. The summed E-state index contributed by atoms with van der Waals surface area (Å²) in [4.78, 5) is 0. The first-order chi connectivity index (χ1) is 9.27. The van der Waals surface area contributed by atoms with Gasteiger partial charge in [-0.25, -0.2) is 0 Å². The van der Waals surface area contributed by atoms with Crippen LogP contribution in [0, 0.1) is 0 Å². The Hall–Kier alpha value is -0.890. The molecule has 0 saturated carbocycles. The van der Waals surface area contributed by atoms with Crippen LogP contribution in [-0.4, -0.2) is 13.7 Å². The van der Waals surface area contributed by atoms with Gasteiger partial charge in [0, 0.05) is 18.3 Å². The predicted octanol–water partition coefficient (Wildman–Crippen LogP) is 5.51. The number of halogens is 1. The van der Waals surface area contributed by atoms with Gasteiger partial charge in [0.2, 0.25) is 0 Å². The lowest BCUT2D eigenvalue weighted by molar-refractivity contribution is 0.415. The zero-order valence-corrected chi connectivity index (χ0v) is 12.9. The van der Waals surface area contributed by atoms with E-state index in [1.165, 1.54) is 44.9 Å². The summed E-state index contributed by atoms with van der Waals surface area (Å²) in [5.41, 5.74) is 1.08. The fourth-order valence-corrected chi connectivity index (χ4v) is 2.28. The van der Waals surface area contributed by atoms with Gasteiger partial charge in [0.15, 0.2) is 0 Å². The molecule has 0 heterocycles. The number of unbranched alkanes of at least 4 members (excludes halogenated alkanes) is 6. The zero-order valence-electron chi connectivity index (χ0n) is 12.2. The van der Waals surface area contributed by atoms with Crippen LogP contribution in [0.25, 0.3) is 0 Å². The number of rotatable bonds is 10. The molecule has 0 fully saturated rings. The van der Waals surface area contributed by atoms with Crippen molar-refractivity contribution >= 4 is 17.3 Å². The highest BCUT2D eigenvalue weighted by Crippen LogP contribution is 2.27. The Kier molecular flexibility index (Phi) is 8.48. The second kappa shape index (κ2) is 9.96. The van der Waals surface area contributed by atoms with E-state index in [-0.39, 0.29) is 0 Å². The van der Waals surface area contributed by atoms with Crippen LogP contribution in [0.15, 0.2) is 18.2 Å². The lowest BCUT2D eigenvalue weighted by Gasteiger charge is -2.09. The van der Waals surface area contributed by atoms with Crippen molar-refractivity contribution < 1.29 is 4.74 Å². The SMILES string of the molecule is CCCCCCCCCNc1ccc(Cl)c(OC)c1. The minimum absolute atomic E-state index is 0.656. The number of benzene rings is 1. The molecule has 0 aliphatic carbocycles. The summed E-state index contributed by atoms with van der Waals surface area (Å²) >= 11 is 5.99. The van der Waals surface area contributed by atoms with Crippen molar-refractivity contribution in [2.24, 2.45) is 0 Å². The van der Waals surface area contributed by atoms with Gasteiger partial charge in [-0.15, -0.1) is 0 Å². The number of hydrogen-bond acceptors (Lipinski definition) is 2. The van der Waals surface area contributed by atoms with Crippen LogP contribution in [0.5, 0.6) is 5.75 Å². The number of nitrogens with one attached hydrogen (secondary N) is 1. The summed E-state index contributed by atoms with van der Waals surface area (Å²) in [5.74, 6) is 0.728. The van der Waals surface area contributed by atoms with Crippen molar-refractivity contribution in [1.82, 2.24) is 0 Å². The molecule has 0 aromatic heterocycles. The highest BCUT2D eigenvalue weighted by Gasteiger charge is 2.01. The fraction of sp³-hybridized carbons (Fsp3) is 0.625. The molecule has 1 aromatic rings. The van der Waals surface area contributed by atoms with Gasteiger partial charge in [-0.2, -0.15) is 0 Å². The molecule has 3 heteroatoms. The molecule has 0 radical (unpaired) electrons. The van der Waals surface area contributed by atoms with Crippen LogP contribution in [0.3, 0.4) is 0 Å². The maximum Gasteiger partial charge on any atom is 0.139 e. The molecular weight excluding hydrogens is 258 g/mol. The topological polar surface area (TPSA) is 21.3 Å². The van der Waals surface area contributed by atoms with E-state index in [1.807, 2.05) is 18.2 Å². The van der Waals surface area contributed by atoms with Crippen molar-refractivity contribution in [1.29, 1.82) is 0 Å². The molecule has 108 valence electrons. The van der Waals surface area contributed by atoms with E-state index >= 15 is 0 Å². The first-order valence-corrected chi connectivity index (χ1v) is 7.73. The lowest BCUT2D eigenvalue weighted by atomic mass is 10.1. The van der Waals surface area contributed by atoms with Crippen LogP contribution in [-0.2, 0) is 0 Å². The third-order valence-corrected chi connectivity index (χ3v) is 3.57. The molecule has 0 aliphatic heterocycles. The van der Waals surface area contributed by atoms with Crippen molar-refractivity contribution in [2.45, 2.75) is 51.9 Å². The quantitative estimate of drug-likeness (QED) is 0.572. The van der Waals surface area contributed by atoms with Crippen LogP contribution in [0.4, 0.5) is 5.69 Å². The molecule has 0 amide bonds. The van der Waals surface area contributed by atoms with Crippen molar-refractivity contribution in [3.05, 3.63) is 23.2 Å². The molecule has 0 bridgehead atoms. The molecule has 2 nitrogen and oxygen atoms in total. The van der Waals surface area contributed by atoms with E-state index in [4.69, 9.17) is 16.3 Å². The average Bonchev–Trinajstić information content (AvgIpc) is 2.43. The van der Waals surface area contributed by atoms with Crippen LogP contribution in [0.1, 0.15) is 51.9 Å². The third-order valence-electron chi connectivity index (χ3n) is 3.26. The number of hydrogen-bond donors (Lipinski definition) is 1. The maximum atomic E-state index is 5.99. The van der Waals surface area contributed by atoms with Crippen LogP contribution < -0.4 is 10.1 Å². The maximum absolute atomic E-state index is 5.99. The van der Waals surface area contributed by atoms with Gasteiger partial charge in [-0.1, -0.05) is 57.0 Å². The zero-order chi connectivity index (χ0) is 13.9. The summed E-state index contributed by atoms with van der Waals surface area (Å²) in [7, 11) is 1.64. The largest absolute Gasteiger partial charge is 0.495 e. The summed E-state index contributed by atoms with van der Waals surface area (Å²) in [5, 5.41) is 4.07. The summed E-state index contributed by atoms with van der Waals surface area (Å²) in [6, 6.07) is 5.81. The van der Waals surface area contributed by atoms with Gasteiger partial charge in [-0.3, -0.25) is 0 Å². The highest BCUT2D eigenvalue weighted by molar-refractivity contribution is 6.32. The first kappa shape index (κ1) is 16.2. The van der Waals surface area contributed by atoms with E-state index in [0.717, 1.165) is 18.0 Å². The molecule has 0 atom stereocenters. The molecular formula is C16H26ClNO. The second-order valence-corrected chi connectivity index (χ2v) is 5.30. The summed E-state index contributed by atoms with van der Waals surface area (Å²) in [6.45, 7) is 3.27. The Morgan fingerprint density at radius 1 is 1.05 bits per heavy atom. The lowest BCUT2D eigenvalue weighted by Crippen LogP contribution is -2.01. The Balaban J connectivity index is 2.12. The molecule has 1 N–H and O–H groups in total. The average molecular weight is 284 g/mol. The first-order valence-electron chi connectivity index (χ1n) is 7.35. The molecule has 19 heavy (non-hydrogen) atoms. The van der Waals surface area contributed by atoms with Gasteiger partial charge >= 0.3 is 0 Å². The van der Waals surface area contributed by atoms with Crippen molar-refractivity contribution in [3.8, 4) is 5.75 Å². The van der Waals surface area contributed by atoms with E-state index in [9.17, 15) is 0 Å². The fourth-order valence-electron chi connectivity index (χ4n) is 2.08. The van der Waals surface area contributed by atoms with E-state index < -0.39 is 0 Å². The minimum atomic E-state index is 0.656. The molecule has 0 saturated heterocycles. The van der Waals surface area contributed by atoms with Gasteiger partial charge in [0.1, 0.15) is 5.75 Å². The Morgan fingerprint density at radius 3 is 2.42 bits per heavy atom. The smallest absolute Gasteiger partial charge is 0.139 e. The van der Waals surface area contributed by atoms with E-state index in [0.29, 0.717) is 5.02 Å². The van der Waals surface area contributed by atoms with E-state index in [1.54, 1.807) is 7.11 Å². The molecule has 1 aromatic carbocycles. The van der Waals surface area contributed by atoms with Gasteiger partial charge in [0.25, 0.3) is 0 Å². The Labute approximate surface area is 122 Å².